The summed E-state index contributed by atoms with van der Waals surface area (Å²) in [6.45, 7) is 9.71. The van der Waals surface area contributed by atoms with Gasteiger partial charge in [0.15, 0.2) is 0 Å². The molecule has 0 saturated carbocycles. The molecule has 0 saturated heterocycles. The first-order chi connectivity index (χ1) is 10.0. The highest BCUT2D eigenvalue weighted by atomic mass is 15.3. The van der Waals surface area contributed by atoms with E-state index in [9.17, 15) is 0 Å². The fourth-order valence-corrected chi connectivity index (χ4v) is 3.04. The highest BCUT2D eigenvalue weighted by Gasteiger charge is 2.17. The van der Waals surface area contributed by atoms with Crippen LogP contribution in [0.2, 0.25) is 0 Å². The molecule has 3 heteroatoms. The normalized spacial score (nSPS) is 12.6. The van der Waals surface area contributed by atoms with Crippen LogP contribution in [0.3, 0.4) is 0 Å². The van der Waals surface area contributed by atoms with Gasteiger partial charge in [-0.25, -0.2) is 0 Å². The molecule has 114 valence electrons. The van der Waals surface area contributed by atoms with Gasteiger partial charge in [0.1, 0.15) is 0 Å². The molecular weight excluding hydrogens is 258 g/mol. The average molecular weight is 285 g/mol. The average Bonchev–Trinajstić information content (AvgIpc) is 2.73. The lowest BCUT2D eigenvalue weighted by Gasteiger charge is -2.23. The number of rotatable bonds is 6. The zero-order valence-electron chi connectivity index (χ0n) is 13.9. The van der Waals surface area contributed by atoms with Crippen molar-refractivity contribution in [2.75, 3.05) is 6.54 Å². The van der Waals surface area contributed by atoms with Gasteiger partial charge in [-0.3, -0.25) is 4.68 Å². The lowest BCUT2D eigenvalue weighted by molar-refractivity contribution is 0.508. The van der Waals surface area contributed by atoms with Crippen LogP contribution >= 0.6 is 0 Å². The fourth-order valence-electron chi connectivity index (χ4n) is 3.04. The first-order valence-corrected chi connectivity index (χ1v) is 7.82. The summed E-state index contributed by atoms with van der Waals surface area (Å²) < 4.78 is 2.00. The quantitative estimate of drug-likeness (QED) is 0.878. The predicted molar refractivity (Wildman–Crippen MR) is 88.6 cm³/mol. The lowest BCUT2D eigenvalue weighted by Crippen LogP contribution is -2.26. The molecule has 3 nitrogen and oxygen atoms in total. The maximum absolute atomic E-state index is 4.47. The number of hydrogen-bond acceptors (Lipinski definition) is 2. The molecule has 0 aliphatic rings. The van der Waals surface area contributed by atoms with Crippen LogP contribution in [0, 0.1) is 20.8 Å². The Morgan fingerprint density at radius 1 is 1.19 bits per heavy atom. The smallest absolute Gasteiger partial charge is 0.0596 e. The summed E-state index contributed by atoms with van der Waals surface area (Å²) in [4.78, 5) is 0. The Bertz CT molecular complexity index is 578. The Hall–Kier alpha value is -1.61. The second kappa shape index (κ2) is 6.90. The molecule has 0 amide bonds. The van der Waals surface area contributed by atoms with Gasteiger partial charge in [-0.05, 0) is 56.5 Å². The van der Waals surface area contributed by atoms with Gasteiger partial charge in [-0.2, -0.15) is 5.10 Å². The molecular formula is C18H27N3. The molecule has 1 heterocycles. The second-order valence-corrected chi connectivity index (χ2v) is 5.92. The first-order valence-electron chi connectivity index (χ1n) is 7.82. The summed E-state index contributed by atoms with van der Waals surface area (Å²) in [5, 5.41) is 8.18. The molecule has 1 aromatic carbocycles. The molecule has 0 spiro atoms. The minimum atomic E-state index is 0.348. The molecule has 1 unspecified atom stereocenters. The van der Waals surface area contributed by atoms with Crippen LogP contribution in [0.15, 0.2) is 24.3 Å². The summed E-state index contributed by atoms with van der Waals surface area (Å²) in [6, 6.07) is 9.09. The summed E-state index contributed by atoms with van der Waals surface area (Å²) in [5.41, 5.74) is 6.53. The van der Waals surface area contributed by atoms with E-state index in [1.165, 1.54) is 22.4 Å². The molecule has 1 aromatic heterocycles. The second-order valence-electron chi connectivity index (χ2n) is 5.92. The van der Waals surface area contributed by atoms with Crippen LogP contribution in [0.25, 0.3) is 0 Å². The van der Waals surface area contributed by atoms with Crippen LogP contribution in [0.4, 0.5) is 0 Å². The highest BCUT2D eigenvalue weighted by molar-refractivity contribution is 5.37. The molecule has 21 heavy (non-hydrogen) atoms. The van der Waals surface area contributed by atoms with Crippen molar-refractivity contribution < 1.29 is 0 Å². The van der Waals surface area contributed by atoms with Gasteiger partial charge in [0.2, 0.25) is 0 Å². The zero-order chi connectivity index (χ0) is 15.4. The van der Waals surface area contributed by atoms with E-state index in [4.69, 9.17) is 0 Å². The number of benzene rings is 1. The van der Waals surface area contributed by atoms with Crippen molar-refractivity contribution in [2.45, 2.75) is 46.6 Å². The molecule has 0 aliphatic carbocycles. The van der Waals surface area contributed by atoms with Crippen molar-refractivity contribution in [1.82, 2.24) is 15.1 Å². The highest BCUT2D eigenvalue weighted by Crippen LogP contribution is 2.25. The summed E-state index contributed by atoms with van der Waals surface area (Å²) >= 11 is 0. The van der Waals surface area contributed by atoms with E-state index in [0.29, 0.717) is 6.04 Å². The van der Waals surface area contributed by atoms with Gasteiger partial charge in [0, 0.05) is 25.2 Å². The van der Waals surface area contributed by atoms with Crippen molar-refractivity contribution in [3.05, 3.63) is 52.3 Å². The maximum Gasteiger partial charge on any atom is 0.0596 e. The molecule has 2 aromatic rings. The predicted octanol–water partition coefficient (Wildman–Crippen LogP) is 3.63. The van der Waals surface area contributed by atoms with Crippen molar-refractivity contribution in [3.63, 3.8) is 0 Å². The van der Waals surface area contributed by atoms with Crippen molar-refractivity contribution in [1.29, 1.82) is 0 Å². The van der Waals surface area contributed by atoms with Crippen LogP contribution in [0.5, 0.6) is 0 Å². The minimum Gasteiger partial charge on any atom is -0.310 e. The molecule has 0 radical (unpaired) electrons. The van der Waals surface area contributed by atoms with E-state index in [-0.39, 0.29) is 0 Å². The Morgan fingerprint density at radius 2 is 1.86 bits per heavy atom. The number of aryl methyl sites for hydroxylation is 4. The van der Waals surface area contributed by atoms with Gasteiger partial charge >= 0.3 is 0 Å². The third-order valence-electron chi connectivity index (χ3n) is 4.04. The molecule has 0 aliphatic heterocycles. The fraction of sp³-hybridized carbons (Fsp3) is 0.500. The largest absolute Gasteiger partial charge is 0.310 e. The van der Waals surface area contributed by atoms with Gasteiger partial charge < -0.3 is 5.32 Å². The zero-order valence-corrected chi connectivity index (χ0v) is 13.9. The number of nitrogens with one attached hydrogen (secondary N) is 1. The summed E-state index contributed by atoms with van der Waals surface area (Å²) in [5.74, 6) is 0. The van der Waals surface area contributed by atoms with Gasteiger partial charge in [-0.15, -0.1) is 0 Å². The number of nitrogens with zero attached hydrogens (tertiary/aromatic N) is 2. The molecule has 2 rings (SSSR count). The molecule has 1 atom stereocenters. The Labute approximate surface area is 128 Å². The standard InChI is InChI=1S/C18H27N3/c1-6-10-19-17(12-16-11-15(4)20-21(16)5)18-13(2)8-7-9-14(18)3/h7-9,11,17,19H,6,10,12H2,1-5H3. The lowest BCUT2D eigenvalue weighted by atomic mass is 9.93. The summed E-state index contributed by atoms with van der Waals surface area (Å²) in [6.07, 6.45) is 2.12. The first kappa shape index (κ1) is 15.8. The number of aromatic nitrogens is 2. The minimum absolute atomic E-state index is 0.348. The van der Waals surface area contributed by atoms with Crippen LogP contribution in [-0.4, -0.2) is 16.3 Å². The van der Waals surface area contributed by atoms with Crippen molar-refractivity contribution in [3.8, 4) is 0 Å². The third kappa shape index (κ3) is 3.73. The van der Waals surface area contributed by atoms with E-state index >= 15 is 0 Å². The Morgan fingerprint density at radius 3 is 2.38 bits per heavy atom. The Kier molecular flexibility index (Phi) is 5.18. The SMILES string of the molecule is CCCNC(Cc1cc(C)nn1C)c1c(C)cccc1C. The van der Waals surface area contributed by atoms with Crippen LogP contribution in [0.1, 0.15) is 47.5 Å². The van der Waals surface area contributed by atoms with E-state index in [2.05, 4.69) is 62.4 Å². The maximum atomic E-state index is 4.47. The Balaban J connectivity index is 2.32. The molecule has 0 bridgehead atoms. The van der Waals surface area contributed by atoms with Crippen LogP contribution < -0.4 is 5.32 Å². The van der Waals surface area contributed by atoms with E-state index < -0.39 is 0 Å². The van der Waals surface area contributed by atoms with Crippen molar-refractivity contribution in [2.24, 2.45) is 7.05 Å². The van der Waals surface area contributed by atoms with Crippen molar-refractivity contribution >= 4 is 0 Å². The van der Waals surface area contributed by atoms with E-state index in [0.717, 1.165) is 25.1 Å². The summed E-state index contributed by atoms with van der Waals surface area (Å²) in [7, 11) is 2.03. The third-order valence-corrected chi connectivity index (χ3v) is 4.04. The molecule has 0 fully saturated rings. The number of hydrogen-bond donors (Lipinski definition) is 1. The van der Waals surface area contributed by atoms with Gasteiger partial charge in [0.25, 0.3) is 0 Å². The van der Waals surface area contributed by atoms with Crippen LogP contribution in [-0.2, 0) is 13.5 Å². The monoisotopic (exact) mass is 285 g/mol. The topological polar surface area (TPSA) is 29.9 Å². The molecule has 1 N–H and O–H groups in total. The van der Waals surface area contributed by atoms with Gasteiger partial charge in [0.05, 0.1) is 5.69 Å². The van der Waals surface area contributed by atoms with E-state index in [1.54, 1.807) is 0 Å². The van der Waals surface area contributed by atoms with E-state index in [1.807, 2.05) is 11.7 Å². The van der Waals surface area contributed by atoms with Gasteiger partial charge in [-0.1, -0.05) is 25.1 Å².